The fourth-order valence-corrected chi connectivity index (χ4v) is 6.12. The van der Waals surface area contributed by atoms with Crippen LogP contribution in [0.1, 0.15) is 34.3 Å². The molecule has 1 aromatic heterocycles. The summed E-state index contributed by atoms with van der Waals surface area (Å²) in [6.07, 6.45) is 1.05. The Hall–Kier alpha value is -5.74. The average Bonchev–Trinajstić information content (AvgIpc) is 3.60. The fourth-order valence-electron chi connectivity index (χ4n) is 6.12. The summed E-state index contributed by atoms with van der Waals surface area (Å²) >= 11 is 0. The monoisotopic (exact) mass is 725 g/mol. The van der Waals surface area contributed by atoms with Gasteiger partial charge in [0, 0.05) is 48.4 Å². The van der Waals surface area contributed by atoms with Gasteiger partial charge >= 0.3 is 0 Å². The van der Waals surface area contributed by atoms with Gasteiger partial charge in [0.05, 0.1) is 45.4 Å². The predicted molar refractivity (Wildman–Crippen MR) is 212 cm³/mol. The molecule has 0 aliphatic rings. The van der Waals surface area contributed by atoms with E-state index in [1.165, 1.54) is 0 Å². The summed E-state index contributed by atoms with van der Waals surface area (Å²) in [5, 5.41) is 0. The third-order valence-electron chi connectivity index (χ3n) is 9.00. The van der Waals surface area contributed by atoms with Crippen LogP contribution in [-0.2, 0) is 22.6 Å². The van der Waals surface area contributed by atoms with Crippen molar-refractivity contribution in [1.82, 2.24) is 9.55 Å². The minimum atomic E-state index is 0.0862. The third kappa shape index (κ3) is 10.0. The van der Waals surface area contributed by atoms with Crippen molar-refractivity contribution in [3.8, 4) is 51.2 Å². The van der Waals surface area contributed by atoms with E-state index in [4.69, 9.17) is 34.4 Å². The van der Waals surface area contributed by atoms with Gasteiger partial charge in [-0.25, -0.2) is 4.98 Å². The first-order valence-electron chi connectivity index (χ1n) is 18.2. The summed E-state index contributed by atoms with van der Waals surface area (Å²) in [6, 6.07) is 42.0. The molecule has 1 heterocycles. The minimum Gasteiger partial charge on any atom is -0.497 e. The maximum absolute atomic E-state index is 13.0. The highest BCUT2D eigenvalue weighted by Crippen LogP contribution is 2.38. The van der Waals surface area contributed by atoms with Crippen LogP contribution in [0.25, 0.3) is 33.9 Å². The molecule has 0 radical (unpaired) electrons. The minimum absolute atomic E-state index is 0.0862. The Bertz CT molecular complexity index is 2040. The highest BCUT2D eigenvalue weighted by molar-refractivity contribution is 5.96. The fraction of sp³-hybridized carbons (Fsp3) is 0.244. The Balaban J connectivity index is 1.30. The van der Waals surface area contributed by atoms with E-state index in [1.54, 1.807) is 14.2 Å². The van der Waals surface area contributed by atoms with Crippen molar-refractivity contribution >= 4 is 5.78 Å². The number of carbonyl (C=O) groups is 1. The van der Waals surface area contributed by atoms with E-state index in [-0.39, 0.29) is 5.78 Å². The summed E-state index contributed by atoms with van der Waals surface area (Å²) in [5.41, 5.74) is 12.9. The van der Waals surface area contributed by atoms with Crippen LogP contribution in [0, 0.1) is 0 Å². The standard InChI is InChI=1S/C45H47N3O6/c1-50-39-20-14-36(15-21-39)43-44(37-16-22-40(51-2)23-17-37)48(45(47-43)38-18-24-41(25-19-38)54-32-34-7-4-3-5-8-34)31-33-10-12-35(13-11-33)42(49)9-6-27-52-29-30-53-28-26-46/h3-5,7-8,10-25H,6,9,26-32,46H2,1-2H3. The SMILES string of the molecule is COc1ccc(-c2nc(-c3ccc(OCc4ccccc4)cc3)n(Cc3ccc(C(=O)CCCOCCOCCN)cc3)c2-c2ccc(OC)cc2)cc1. The normalized spacial score (nSPS) is 11.0. The second-order valence-electron chi connectivity index (χ2n) is 12.7. The largest absolute Gasteiger partial charge is 0.497 e. The molecule has 0 bridgehead atoms. The van der Waals surface area contributed by atoms with Gasteiger partial charge in [-0.1, -0.05) is 54.6 Å². The van der Waals surface area contributed by atoms with E-state index < -0.39 is 0 Å². The van der Waals surface area contributed by atoms with E-state index in [9.17, 15) is 4.79 Å². The van der Waals surface area contributed by atoms with Crippen LogP contribution in [0.4, 0.5) is 0 Å². The lowest BCUT2D eigenvalue weighted by atomic mass is 10.0. The van der Waals surface area contributed by atoms with Crippen molar-refractivity contribution in [2.75, 3.05) is 47.2 Å². The van der Waals surface area contributed by atoms with Gasteiger partial charge in [-0.05, 0) is 90.3 Å². The first-order chi connectivity index (χ1) is 26.6. The number of aromatic nitrogens is 2. The number of nitrogens with two attached hydrogens (primary N) is 1. The molecule has 54 heavy (non-hydrogen) atoms. The zero-order chi connectivity index (χ0) is 37.5. The molecule has 0 spiro atoms. The molecule has 6 aromatic rings. The Labute approximate surface area is 317 Å². The van der Waals surface area contributed by atoms with Crippen molar-refractivity contribution in [2.45, 2.75) is 26.0 Å². The zero-order valence-electron chi connectivity index (χ0n) is 30.9. The van der Waals surface area contributed by atoms with E-state index in [0.717, 1.165) is 62.3 Å². The van der Waals surface area contributed by atoms with Crippen LogP contribution < -0.4 is 19.9 Å². The summed E-state index contributed by atoms with van der Waals surface area (Å²) in [4.78, 5) is 18.4. The molecule has 9 heteroatoms. The van der Waals surface area contributed by atoms with Crippen LogP contribution in [0.2, 0.25) is 0 Å². The molecule has 0 amide bonds. The maximum atomic E-state index is 13.0. The summed E-state index contributed by atoms with van der Waals surface area (Å²) in [7, 11) is 3.32. The van der Waals surface area contributed by atoms with Gasteiger partial charge < -0.3 is 34.0 Å². The zero-order valence-corrected chi connectivity index (χ0v) is 30.9. The molecule has 5 aromatic carbocycles. The highest BCUT2D eigenvalue weighted by Gasteiger charge is 2.22. The number of methoxy groups -OCH3 is 2. The number of imidazole rings is 1. The van der Waals surface area contributed by atoms with Gasteiger partial charge in [0.1, 0.15) is 29.7 Å². The number of ether oxygens (including phenoxy) is 5. The van der Waals surface area contributed by atoms with E-state index in [2.05, 4.69) is 28.8 Å². The molecular formula is C45H47N3O6. The molecule has 9 nitrogen and oxygen atoms in total. The second kappa shape index (κ2) is 19.4. The Morgan fingerprint density at radius 3 is 1.85 bits per heavy atom. The first kappa shape index (κ1) is 38.0. The Morgan fingerprint density at radius 1 is 0.630 bits per heavy atom. The molecule has 0 unspecified atom stereocenters. The van der Waals surface area contributed by atoms with E-state index >= 15 is 0 Å². The van der Waals surface area contributed by atoms with Gasteiger partial charge in [0.2, 0.25) is 0 Å². The Kier molecular flexibility index (Phi) is 13.6. The van der Waals surface area contributed by atoms with Gasteiger partial charge in [0.15, 0.2) is 5.78 Å². The third-order valence-corrected chi connectivity index (χ3v) is 9.00. The topological polar surface area (TPSA) is 107 Å². The van der Waals surface area contributed by atoms with Crippen LogP contribution >= 0.6 is 0 Å². The number of hydrogen-bond donors (Lipinski definition) is 1. The Morgan fingerprint density at radius 2 is 1.22 bits per heavy atom. The molecule has 278 valence electrons. The summed E-state index contributed by atoms with van der Waals surface area (Å²) in [5.74, 6) is 3.20. The van der Waals surface area contributed by atoms with Crippen molar-refractivity contribution in [3.63, 3.8) is 0 Å². The molecule has 2 N–H and O–H groups in total. The van der Waals surface area contributed by atoms with E-state index in [1.807, 2.05) is 103 Å². The van der Waals surface area contributed by atoms with Crippen LogP contribution in [0.15, 0.2) is 127 Å². The quantitative estimate of drug-likeness (QED) is 0.0617. The molecular weight excluding hydrogens is 679 g/mol. The lowest BCUT2D eigenvalue weighted by Crippen LogP contribution is -2.12. The van der Waals surface area contributed by atoms with Gasteiger partial charge in [-0.15, -0.1) is 0 Å². The van der Waals surface area contributed by atoms with Crippen LogP contribution in [0.3, 0.4) is 0 Å². The van der Waals surface area contributed by atoms with Crippen molar-refractivity contribution < 1.29 is 28.5 Å². The first-order valence-corrected chi connectivity index (χ1v) is 18.2. The number of carbonyl (C=O) groups excluding carboxylic acids is 1. The number of nitrogens with zero attached hydrogens (tertiary/aromatic N) is 2. The van der Waals surface area contributed by atoms with Gasteiger partial charge in [0.25, 0.3) is 0 Å². The number of rotatable bonds is 20. The average molecular weight is 726 g/mol. The van der Waals surface area contributed by atoms with Crippen molar-refractivity contribution in [2.24, 2.45) is 5.73 Å². The van der Waals surface area contributed by atoms with Crippen molar-refractivity contribution in [1.29, 1.82) is 0 Å². The van der Waals surface area contributed by atoms with Crippen LogP contribution in [0.5, 0.6) is 17.2 Å². The predicted octanol–water partition coefficient (Wildman–Crippen LogP) is 8.48. The summed E-state index contributed by atoms with van der Waals surface area (Å²) in [6.45, 7) is 3.50. The molecule has 6 rings (SSSR count). The lowest BCUT2D eigenvalue weighted by molar-refractivity contribution is 0.0489. The molecule has 0 aliphatic carbocycles. The molecule has 0 aliphatic heterocycles. The van der Waals surface area contributed by atoms with Crippen LogP contribution in [-0.4, -0.2) is 62.5 Å². The second-order valence-corrected chi connectivity index (χ2v) is 12.7. The summed E-state index contributed by atoms with van der Waals surface area (Å²) < 4.78 is 30.2. The number of ketones is 1. The number of Topliss-reactive ketones (excluding diaryl/α,β-unsaturated/α-hetero) is 1. The number of benzene rings is 5. The molecule has 0 atom stereocenters. The van der Waals surface area contributed by atoms with Gasteiger partial charge in [-0.2, -0.15) is 0 Å². The molecule has 0 saturated heterocycles. The highest BCUT2D eigenvalue weighted by atomic mass is 16.5. The van der Waals surface area contributed by atoms with E-state index in [0.29, 0.717) is 64.5 Å². The number of hydrogen-bond acceptors (Lipinski definition) is 8. The smallest absolute Gasteiger partial charge is 0.162 e. The maximum Gasteiger partial charge on any atom is 0.162 e. The molecule has 0 saturated carbocycles. The molecule has 0 fully saturated rings. The lowest BCUT2D eigenvalue weighted by Gasteiger charge is -2.15. The van der Waals surface area contributed by atoms with Crippen molar-refractivity contribution in [3.05, 3.63) is 144 Å². The van der Waals surface area contributed by atoms with Gasteiger partial charge in [-0.3, -0.25) is 4.79 Å².